The molecule has 1 aromatic rings. The standard InChI is InChI=1S/C10H9I2NO4/c11-6-1-5(2-7(12)9(6)15)3-8(10(16)17)13-4-14/h1-2,4,8,15H,3H2,(H,13,14)(H,16,17)/t8-/m0/s1. The van der Waals surface area contributed by atoms with Crippen LogP contribution >= 0.6 is 45.2 Å². The fourth-order valence-electron chi connectivity index (χ4n) is 1.27. The maximum Gasteiger partial charge on any atom is 0.326 e. The molecule has 0 spiro atoms. The Morgan fingerprint density at radius 1 is 1.41 bits per heavy atom. The van der Waals surface area contributed by atoms with E-state index in [1.54, 1.807) is 12.1 Å². The molecule has 0 aliphatic rings. The quantitative estimate of drug-likeness (QED) is 0.457. The number of rotatable bonds is 5. The van der Waals surface area contributed by atoms with Crippen molar-refractivity contribution in [2.75, 3.05) is 0 Å². The highest BCUT2D eigenvalue weighted by Gasteiger charge is 2.18. The van der Waals surface area contributed by atoms with E-state index in [0.717, 1.165) is 5.56 Å². The fraction of sp³-hybridized carbons (Fsp3) is 0.200. The molecule has 0 aliphatic heterocycles. The molecule has 0 heterocycles. The molecule has 0 bridgehead atoms. The molecular weight excluding hydrogens is 452 g/mol. The van der Waals surface area contributed by atoms with Crippen LogP contribution in [-0.4, -0.2) is 28.6 Å². The zero-order chi connectivity index (χ0) is 13.0. The molecule has 0 unspecified atom stereocenters. The van der Waals surface area contributed by atoms with Crippen LogP contribution in [0.3, 0.4) is 0 Å². The summed E-state index contributed by atoms with van der Waals surface area (Å²) in [7, 11) is 0. The van der Waals surface area contributed by atoms with Gasteiger partial charge in [0.25, 0.3) is 0 Å². The minimum Gasteiger partial charge on any atom is -0.506 e. The Morgan fingerprint density at radius 2 is 1.94 bits per heavy atom. The van der Waals surface area contributed by atoms with Gasteiger partial charge >= 0.3 is 5.97 Å². The van der Waals surface area contributed by atoms with Crippen LogP contribution in [0.2, 0.25) is 0 Å². The van der Waals surface area contributed by atoms with Gasteiger partial charge in [-0.2, -0.15) is 0 Å². The molecule has 92 valence electrons. The smallest absolute Gasteiger partial charge is 0.326 e. The molecule has 0 radical (unpaired) electrons. The van der Waals surface area contributed by atoms with Gasteiger partial charge in [-0.15, -0.1) is 0 Å². The second-order valence-electron chi connectivity index (χ2n) is 3.29. The summed E-state index contributed by atoms with van der Waals surface area (Å²) in [4.78, 5) is 21.1. The lowest BCUT2D eigenvalue weighted by Gasteiger charge is -2.12. The molecule has 3 N–H and O–H groups in total. The van der Waals surface area contributed by atoms with Gasteiger partial charge in [-0.05, 0) is 62.9 Å². The molecule has 17 heavy (non-hydrogen) atoms. The number of amides is 1. The maximum atomic E-state index is 10.9. The van der Waals surface area contributed by atoms with E-state index in [9.17, 15) is 14.7 Å². The van der Waals surface area contributed by atoms with Crippen LogP contribution in [0.25, 0.3) is 0 Å². The molecule has 0 fully saturated rings. The second-order valence-corrected chi connectivity index (χ2v) is 5.61. The van der Waals surface area contributed by atoms with Gasteiger partial charge < -0.3 is 15.5 Å². The van der Waals surface area contributed by atoms with Gasteiger partial charge in [0.2, 0.25) is 6.41 Å². The highest BCUT2D eigenvalue weighted by molar-refractivity contribution is 14.1. The van der Waals surface area contributed by atoms with Gasteiger partial charge in [0.15, 0.2) is 0 Å². The highest BCUT2D eigenvalue weighted by Crippen LogP contribution is 2.27. The average Bonchev–Trinajstić information content (AvgIpc) is 2.25. The topological polar surface area (TPSA) is 86.6 Å². The van der Waals surface area contributed by atoms with Crippen molar-refractivity contribution >= 4 is 57.6 Å². The van der Waals surface area contributed by atoms with E-state index in [4.69, 9.17) is 5.11 Å². The monoisotopic (exact) mass is 461 g/mol. The Balaban J connectivity index is 2.93. The predicted molar refractivity (Wildman–Crippen MR) is 77.9 cm³/mol. The van der Waals surface area contributed by atoms with Gasteiger partial charge in [-0.3, -0.25) is 4.79 Å². The van der Waals surface area contributed by atoms with Crippen molar-refractivity contribution in [3.63, 3.8) is 0 Å². The van der Waals surface area contributed by atoms with Crippen molar-refractivity contribution < 1.29 is 19.8 Å². The molecular formula is C10H9I2NO4. The van der Waals surface area contributed by atoms with Crippen LogP contribution in [0.15, 0.2) is 12.1 Å². The lowest BCUT2D eigenvalue weighted by molar-refractivity contribution is -0.140. The molecule has 0 saturated carbocycles. The molecule has 0 aromatic heterocycles. The van der Waals surface area contributed by atoms with Crippen LogP contribution in [-0.2, 0) is 16.0 Å². The Morgan fingerprint density at radius 3 is 2.35 bits per heavy atom. The summed E-state index contributed by atoms with van der Waals surface area (Å²) in [6.07, 6.45) is 0.551. The summed E-state index contributed by atoms with van der Waals surface area (Å²) in [5, 5.41) is 20.7. The van der Waals surface area contributed by atoms with Crippen molar-refractivity contribution in [3.05, 3.63) is 24.8 Å². The van der Waals surface area contributed by atoms with Gasteiger partial charge in [0.1, 0.15) is 11.8 Å². The normalized spacial score (nSPS) is 11.9. The van der Waals surface area contributed by atoms with Gasteiger partial charge in [-0.1, -0.05) is 0 Å². The summed E-state index contributed by atoms with van der Waals surface area (Å²) < 4.78 is 1.31. The first-order valence-corrected chi connectivity index (χ1v) is 6.71. The minimum absolute atomic E-state index is 0.181. The number of carboxylic acids is 1. The van der Waals surface area contributed by atoms with E-state index in [-0.39, 0.29) is 12.2 Å². The first kappa shape index (κ1) is 14.5. The first-order valence-electron chi connectivity index (χ1n) is 4.55. The van der Waals surface area contributed by atoms with Crippen molar-refractivity contribution in [2.24, 2.45) is 0 Å². The summed E-state index contributed by atoms with van der Waals surface area (Å²) in [6.45, 7) is 0. The Kier molecular flexibility index (Phi) is 5.43. The molecule has 1 atom stereocenters. The van der Waals surface area contributed by atoms with Gasteiger partial charge in [0, 0.05) is 6.42 Å². The van der Waals surface area contributed by atoms with E-state index >= 15 is 0 Å². The molecule has 0 saturated heterocycles. The fourth-order valence-corrected chi connectivity index (χ4v) is 3.17. The minimum atomic E-state index is -1.09. The molecule has 1 aromatic carbocycles. The van der Waals surface area contributed by atoms with Crippen LogP contribution in [0.1, 0.15) is 5.56 Å². The zero-order valence-electron chi connectivity index (χ0n) is 8.48. The maximum absolute atomic E-state index is 10.9. The number of phenols is 1. The SMILES string of the molecule is O=CN[C@@H](Cc1cc(I)c(O)c(I)c1)C(=O)O. The predicted octanol–water partition coefficient (Wildman–Crippen LogP) is 1.34. The molecule has 1 rings (SSSR count). The first-order chi connectivity index (χ1) is 7.95. The lowest BCUT2D eigenvalue weighted by Crippen LogP contribution is -2.37. The van der Waals surface area contributed by atoms with Crippen molar-refractivity contribution in [3.8, 4) is 5.75 Å². The lowest BCUT2D eigenvalue weighted by atomic mass is 10.1. The number of aliphatic carboxylic acids is 1. The highest BCUT2D eigenvalue weighted by atomic mass is 127. The van der Waals surface area contributed by atoms with E-state index in [1.165, 1.54) is 0 Å². The number of carbonyl (C=O) groups is 2. The average molecular weight is 461 g/mol. The number of aromatic hydroxyl groups is 1. The molecule has 1 amide bonds. The second kappa shape index (κ2) is 6.38. The van der Waals surface area contributed by atoms with Crippen molar-refractivity contribution in [1.29, 1.82) is 0 Å². The Labute approximate surface area is 125 Å². The van der Waals surface area contributed by atoms with E-state index in [1.807, 2.05) is 45.2 Å². The number of nitrogens with one attached hydrogen (secondary N) is 1. The summed E-state index contributed by atoms with van der Waals surface area (Å²) >= 11 is 3.94. The van der Waals surface area contributed by atoms with Gasteiger partial charge in [0.05, 0.1) is 7.14 Å². The number of halogens is 2. The number of phenolic OH excluding ortho intramolecular Hbond substituents is 1. The Bertz CT molecular complexity index is 427. The summed E-state index contributed by atoms with van der Waals surface area (Å²) in [5.41, 5.74) is 0.748. The zero-order valence-corrected chi connectivity index (χ0v) is 12.8. The summed E-state index contributed by atoms with van der Waals surface area (Å²) in [6, 6.07) is 2.43. The van der Waals surface area contributed by atoms with Crippen LogP contribution in [0, 0.1) is 7.14 Å². The van der Waals surface area contributed by atoms with Crippen molar-refractivity contribution in [1.82, 2.24) is 5.32 Å². The van der Waals surface area contributed by atoms with E-state index in [2.05, 4.69) is 5.32 Å². The largest absolute Gasteiger partial charge is 0.506 e. The van der Waals surface area contributed by atoms with Gasteiger partial charge in [-0.25, -0.2) is 4.79 Å². The number of carboxylic acid groups (broad SMARTS) is 1. The Hall–Kier alpha value is -0.580. The molecule has 0 aliphatic carbocycles. The van der Waals surface area contributed by atoms with Crippen molar-refractivity contribution in [2.45, 2.75) is 12.5 Å². The number of benzene rings is 1. The van der Waals surface area contributed by atoms with Crippen LogP contribution in [0.4, 0.5) is 0 Å². The van der Waals surface area contributed by atoms with Crippen LogP contribution in [0.5, 0.6) is 5.75 Å². The third kappa shape index (κ3) is 3.98. The summed E-state index contributed by atoms with van der Waals surface area (Å²) in [5.74, 6) is -0.902. The van der Waals surface area contributed by atoms with E-state index in [0.29, 0.717) is 13.6 Å². The molecule has 5 nitrogen and oxygen atoms in total. The number of hydrogen-bond acceptors (Lipinski definition) is 3. The number of carbonyl (C=O) groups excluding carboxylic acids is 1. The third-order valence-corrected chi connectivity index (χ3v) is 3.73. The van der Waals surface area contributed by atoms with Crippen LogP contribution < -0.4 is 5.32 Å². The number of hydrogen-bond donors (Lipinski definition) is 3. The van der Waals surface area contributed by atoms with E-state index < -0.39 is 12.0 Å². The third-order valence-electron chi connectivity index (χ3n) is 2.08. The molecule has 7 heteroatoms.